The lowest BCUT2D eigenvalue weighted by Crippen LogP contribution is -2.28. The molecule has 2 heterocycles. The van der Waals surface area contributed by atoms with Crippen LogP contribution in [0.3, 0.4) is 0 Å². The van der Waals surface area contributed by atoms with E-state index in [1.807, 2.05) is 67.6 Å². The Hall–Kier alpha value is -5.54. The number of nitrogens with zero attached hydrogens (tertiary/aromatic N) is 6. The SMILES string of the molecule is C[C@H](Nc1nc(N)ncc1C#N)c1nc2cccc(-c3ccc(C#N)cc3)c2c(=O)n1-c1ccccc1. The first kappa shape index (κ1) is 23.2. The molecule has 5 aromatic rings. The molecule has 37 heavy (non-hydrogen) atoms. The number of nitrogens with one attached hydrogen (secondary N) is 1. The van der Waals surface area contributed by atoms with Crippen LogP contribution in [-0.4, -0.2) is 19.5 Å². The van der Waals surface area contributed by atoms with Crippen LogP contribution in [0, 0.1) is 22.7 Å². The number of nitrogen functional groups attached to an aromatic ring is 1. The van der Waals surface area contributed by atoms with Gasteiger partial charge in [-0.15, -0.1) is 0 Å². The summed E-state index contributed by atoms with van der Waals surface area (Å²) in [6.07, 6.45) is 1.35. The Morgan fingerprint density at radius 3 is 2.41 bits per heavy atom. The molecule has 0 spiro atoms. The average Bonchev–Trinajstić information content (AvgIpc) is 2.93. The maximum atomic E-state index is 14.1. The first-order chi connectivity index (χ1) is 18.0. The summed E-state index contributed by atoms with van der Waals surface area (Å²) in [7, 11) is 0. The monoisotopic (exact) mass is 484 g/mol. The molecule has 0 fully saturated rings. The molecule has 0 aliphatic heterocycles. The molecular formula is C28H20N8O. The molecule has 178 valence electrons. The quantitative estimate of drug-likeness (QED) is 0.374. The van der Waals surface area contributed by atoms with Crippen LogP contribution < -0.4 is 16.6 Å². The third-order valence-corrected chi connectivity index (χ3v) is 5.93. The van der Waals surface area contributed by atoms with Gasteiger partial charge in [-0.2, -0.15) is 15.5 Å². The van der Waals surface area contributed by atoms with E-state index >= 15 is 0 Å². The van der Waals surface area contributed by atoms with Gasteiger partial charge >= 0.3 is 0 Å². The minimum Gasteiger partial charge on any atom is -0.368 e. The van der Waals surface area contributed by atoms with Crippen LogP contribution in [-0.2, 0) is 0 Å². The van der Waals surface area contributed by atoms with Crippen LogP contribution >= 0.6 is 0 Å². The lowest BCUT2D eigenvalue weighted by atomic mass is 10.00. The number of para-hydroxylation sites is 1. The van der Waals surface area contributed by atoms with Gasteiger partial charge in [-0.1, -0.05) is 42.5 Å². The molecule has 0 aliphatic rings. The molecule has 0 unspecified atom stereocenters. The van der Waals surface area contributed by atoms with E-state index < -0.39 is 6.04 Å². The van der Waals surface area contributed by atoms with Gasteiger partial charge in [0.15, 0.2) is 0 Å². The van der Waals surface area contributed by atoms with Crippen LogP contribution in [0.2, 0.25) is 0 Å². The fourth-order valence-electron chi connectivity index (χ4n) is 4.19. The molecule has 5 rings (SSSR count). The zero-order valence-corrected chi connectivity index (χ0v) is 19.8. The highest BCUT2D eigenvalue weighted by molar-refractivity contribution is 5.94. The second-order valence-electron chi connectivity index (χ2n) is 8.30. The molecule has 9 nitrogen and oxygen atoms in total. The number of anilines is 2. The maximum absolute atomic E-state index is 14.1. The summed E-state index contributed by atoms with van der Waals surface area (Å²) >= 11 is 0. The molecule has 9 heteroatoms. The molecule has 0 saturated heterocycles. The average molecular weight is 485 g/mol. The van der Waals surface area contributed by atoms with Crippen LogP contribution in [0.4, 0.5) is 11.8 Å². The fraction of sp³-hybridized carbons (Fsp3) is 0.0714. The topological polar surface area (TPSA) is 146 Å². The minimum atomic E-state index is -0.530. The van der Waals surface area contributed by atoms with Gasteiger partial charge in [0, 0.05) is 0 Å². The van der Waals surface area contributed by atoms with Gasteiger partial charge in [-0.25, -0.2) is 9.97 Å². The van der Waals surface area contributed by atoms with Gasteiger partial charge in [0.1, 0.15) is 23.3 Å². The van der Waals surface area contributed by atoms with E-state index in [0.717, 1.165) is 5.56 Å². The molecule has 0 aliphatic carbocycles. The molecule has 0 bridgehead atoms. The second-order valence-corrected chi connectivity index (χ2v) is 8.30. The first-order valence-corrected chi connectivity index (χ1v) is 11.4. The molecule has 3 aromatic carbocycles. The van der Waals surface area contributed by atoms with Crippen molar-refractivity contribution in [3.63, 3.8) is 0 Å². The van der Waals surface area contributed by atoms with Gasteiger partial charge in [0.05, 0.1) is 40.5 Å². The van der Waals surface area contributed by atoms with E-state index in [1.165, 1.54) is 6.20 Å². The zero-order chi connectivity index (χ0) is 25.9. The minimum absolute atomic E-state index is 0.0210. The number of nitriles is 2. The van der Waals surface area contributed by atoms with E-state index in [-0.39, 0.29) is 22.9 Å². The summed E-state index contributed by atoms with van der Waals surface area (Å²) in [5, 5.41) is 22.3. The molecular weight excluding hydrogens is 464 g/mol. The predicted molar refractivity (Wildman–Crippen MR) is 141 cm³/mol. The number of hydrogen-bond acceptors (Lipinski definition) is 8. The third-order valence-electron chi connectivity index (χ3n) is 5.93. The first-order valence-electron chi connectivity index (χ1n) is 11.4. The van der Waals surface area contributed by atoms with Crippen molar-refractivity contribution >= 4 is 22.7 Å². The summed E-state index contributed by atoms with van der Waals surface area (Å²) in [6, 6.07) is 25.4. The summed E-state index contributed by atoms with van der Waals surface area (Å²) in [5.41, 5.74) is 8.93. The highest BCUT2D eigenvalue weighted by atomic mass is 16.1. The van der Waals surface area contributed by atoms with Crippen molar-refractivity contribution in [1.29, 1.82) is 10.5 Å². The van der Waals surface area contributed by atoms with E-state index in [4.69, 9.17) is 16.0 Å². The fourth-order valence-corrected chi connectivity index (χ4v) is 4.19. The molecule has 0 amide bonds. The van der Waals surface area contributed by atoms with Crippen LogP contribution in [0.15, 0.2) is 83.8 Å². The van der Waals surface area contributed by atoms with Crippen LogP contribution in [0.1, 0.15) is 29.9 Å². The molecule has 0 radical (unpaired) electrons. The maximum Gasteiger partial charge on any atom is 0.266 e. The van der Waals surface area contributed by atoms with Crippen molar-refractivity contribution in [1.82, 2.24) is 19.5 Å². The molecule has 0 saturated carbocycles. The number of nitrogens with two attached hydrogens (primary N) is 1. The Balaban J connectivity index is 1.74. The highest BCUT2D eigenvalue weighted by Crippen LogP contribution is 2.29. The van der Waals surface area contributed by atoms with Crippen molar-refractivity contribution < 1.29 is 0 Å². The number of aromatic nitrogens is 4. The second kappa shape index (κ2) is 9.61. The van der Waals surface area contributed by atoms with E-state index in [0.29, 0.717) is 33.5 Å². The molecule has 2 aromatic heterocycles. The van der Waals surface area contributed by atoms with Gasteiger partial charge < -0.3 is 11.1 Å². The van der Waals surface area contributed by atoms with Gasteiger partial charge in [0.25, 0.3) is 5.56 Å². The van der Waals surface area contributed by atoms with Crippen LogP contribution in [0.25, 0.3) is 27.7 Å². The van der Waals surface area contributed by atoms with Crippen molar-refractivity contribution in [2.75, 3.05) is 11.1 Å². The summed E-state index contributed by atoms with van der Waals surface area (Å²) in [5.74, 6) is 0.706. The summed E-state index contributed by atoms with van der Waals surface area (Å²) < 4.78 is 1.56. The van der Waals surface area contributed by atoms with Crippen molar-refractivity contribution in [2.24, 2.45) is 0 Å². The summed E-state index contributed by atoms with van der Waals surface area (Å²) in [6.45, 7) is 1.83. The Bertz CT molecular complexity index is 1760. The Labute approximate surface area is 212 Å². The normalized spacial score (nSPS) is 11.4. The molecule has 3 N–H and O–H groups in total. The zero-order valence-electron chi connectivity index (χ0n) is 19.8. The lowest BCUT2D eigenvalue weighted by molar-refractivity contribution is 0.731. The Morgan fingerprint density at radius 1 is 0.946 bits per heavy atom. The number of fused-ring (bicyclic) bond motifs is 1. The lowest BCUT2D eigenvalue weighted by Gasteiger charge is -2.21. The van der Waals surface area contributed by atoms with Gasteiger partial charge in [-0.05, 0) is 48.4 Å². The largest absolute Gasteiger partial charge is 0.368 e. The number of benzene rings is 3. The number of rotatable bonds is 5. The van der Waals surface area contributed by atoms with Gasteiger partial charge in [-0.3, -0.25) is 9.36 Å². The summed E-state index contributed by atoms with van der Waals surface area (Å²) in [4.78, 5) is 27.1. The standard InChI is InChI=1S/C28H20N8O/c1-17(33-25-20(15-30)16-32-28(31)35-25)26-34-23-9-5-8-22(19-12-10-18(14-29)11-13-19)24(23)27(37)36(26)21-6-3-2-4-7-21/h2-13,16-17H,1H3,(H3,31,32,33,35)/t17-/m0/s1. The predicted octanol–water partition coefficient (Wildman–Crippen LogP) is 4.34. The van der Waals surface area contributed by atoms with E-state index in [9.17, 15) is 10.1 Å². The van der Waals surface area contributed by atoms with E-state index in [1.54, 1.807) is 22.8 Å². The smallest absolute Gasteiger partial charge is 0.266 e. The van der Waals surface area contributed by atoms with E-state index in [2.05, 4.69) is 21.4 Å². The van der Waals surface area contributed by atoms with Crippen molar-refractivity contribution in [3.8, 4) is 29.0 Å². The highest BCUT2D eigenvalue weighted by Gasteiger charge is 2.21. The molecule has 1 atom stereocenters. The Kier molecular flexibility index (Phi) is 6.03. The van der Waals surface area contributed by atoms with Crippen molar-refractivity contribution in [3.05, 3.63) is 106 Å². The third kappa shape index (κ3) is 4.33. The van der Waals surface area contributed by atoms with Crippen LogP contribution in [0.5, 0.6) is 0 Å². The Morgan fingerprint density at radius 2 is 1.70 bits per heavy atom. The van der Waals surface area contributed by atoms with Crippen molar-refractivity contribution in [2.45, 2.75) is 13.0 Å². The van der Waals surface area contributed by atoms with Gasteiger partial charge in [0.2, 0.25) is 5.95 Å². The number of hydrogen-bond donors (Lipinski definition) is 2.